The van der Waals surface area contributed by atoms with Crippen LogP contribution in [0.5, 0.6) is 11.5 Å². The number of hydrogen-bond acceptors (Lipinski definition) is 6. The van der Waals surface area contributed by atoms with Crippen LogP contribution in [-0.2, 0) is 20.8 Å². The molecule has 0 spiro atoms. The van der Waals surface area contributed by atoms with Crippen LogP contribution in [-0.4, -0.2) is 48.9 Å². The van der Waals surface area contributed by atoms with E-state index in [4.69, 9.17) is 18.9 Å². The van der Waals surface area contributed by atoms with E-state index in [0.717, 1.165) is 0 Å². The lowest BCUT2D eigenvalue weighted by Crippen LogP contribution is -2.38. The Morgan fingerprint density at radius 2 is 1.81 bits per heavy atom. The molecular weight excluding hydrogens is 357 g/mol. The number of halogens is 1. The van der Waals surface area contributed by atoms with Crippen molar-refractivity contribution in [1.29, 1.82) is 0 Å². The largest absolute Gasteiger partial charge is 0.486 e. The van der Waals surface area contributed by atoms with Crippen molar-refractivity contribution in [2.75, 3.05) is 26.4 Å². The van der Waals surface area contributed by atoms with Crippen molar-refractivity contribution in [2.24, 2.45) is 0 Å². The Kier molecular flexibility index (Phi) is 6.87. The van der Waals surface area contributed by atoms with Crippen LogP contribution < -0.4 is 9.47 Å². The van der Waals surface area contributed by atoms with Gasteiger partial charge in [0.2, 0.25) is 0 Å². The first-order chi connectivity index (χ1) is 12.7. The van der Waals surface area contributed by atoms with Crippen LogP contribution in [0.1, 0.15) is 39.7 Å². The van der Waals surface area contributed by atoms with Gasteiger partial charge in [0.15, 0.2) is 11.5 Å². The predicted molar refractivity (Wildman–Crippen MR) is 95.3 cm³/mol. The van der Waals surface area contributed by atoms with E-state index < -0.39 is 23.5 Å². The molecule has 7 nitrogen and oxygen atoms in total. The molecule has 0 aromatic heterocycles. The highest BCUT2D eigenvalue weighted by atomic mass is 19.1. The number of benzene rings is 1. The number of carbonyl (C=O) groups excluding carboxylic acids is 2. The quantitative estimate of drug-likeness (QED) is 0.702. The maximum atomic E-state index is 14.5. The van der Waals surface area contributed by atoms with Gasteiger partial charge in [0.05, 0.1) is 19.6 Å². The van der Waals surface area contributed by atoms with Gasteiger partial charge in [-0.05, 0) is 33.8 Å². The Bertz CT molecular complexity index is 686. The molecule has 0 N–H and O–H groups in total. The van der Waals surface area contributed by atoms with Crippen LogP contribution in [0.15, 0.2) is 12.1 Å². The Balaban J connectivity index is 2.17. The van der Waals surface area contributed by atoms with E-state index in [0.29, 0.717) is 24.7 Å². The van der Waals surface area contributed by atoms with Gasteiger partial charge in [-0.2, -0.15) is 0 Å². The standard InChI is InChI=1S/C19H26FNO6/c1-5-24-17(22)6-7-21(18(23)27-19(2,3)4)12-13-10-15-16(11-14(13)20)26-9-8-25-15/h10-11H,5-9,12H2,1-4H3. The first kappa shape index (κ1) is 20.8. The van der Waals surface area contributed by atoms with E-state index in [-0.39, 0.29) is 31.7 Å². The molecule has 0 fully saturated rings. The number of amides is 1. The minimum absolute atomic E-state index is 0.0146. The van der Waals surface area contributed by atoms with Gasteiger partial charge in [-0.25, -0.2) is 9.18 Å². The van der Waals surface area contributed by atoms with E-state index in [1.807, 2.05) is 0 Å². The second-order valence-corrected chi connectivity index (χ2v) is 7.04. The fourth-order valence-corrected chi connectivity index (χ4v) is 2.45. The molecule has 0 unspecified atom stereocenters. The molecule has 1 aliphatic heterocycles. The van der Waals surface area contributed by atoms with E-state index in [2.05, 4.69) is 0 Å². The number of ether oxygens (including phenoxy) is 4. The van der Waals surface area contributed by atoms with Crippen LogP contribution in [0.4, 0.5) is 9.18 Å². The van der Waals surface area contributed by atoms with Crippen LogP contribution in [0.3, 0.4) is 0 Å². The predicted octanol–water partition coefficient (Wildman–Crippen LogP) is 3.29. The first-order valence-corrected chi connectivity index (χ1v) is 8.91. The minimum atomic E-state index is -0.718. The highest BCUT2D eigenvalue weighted by Crippen LogP contribution is 2.33. The van der Waals surface area contributed by atoms with Crippen molar-refractivity contribution in [2.45, 2.75) is 46.3 Å². The van der Waals surface area contributed by atoms with E-state index >= 15 is 0 Å². The van der Waals surface area contributed by atoms with Gasteiger partial charge >= 0.3 is 12.1 Å². The summed E-state index contributed by atoms with van der Waals surface area (Å²) >= 11 is 0. The third kappa shape index (κ3) is 6.30. The number of esters is 1. The summed E-state index contributed by atoms with van der Waals surface area (Å²) in [6.07, 6.45) is -0.653. The summed E-state index contributed by atoms with van der Waals surface area (Å²) in [5.41, 5.74) is -0.473. The molecule has 0 bridgehead atoms. The van der Waals surface area contributed by atoms with Crippen LogP contribution >= 0.6 is 0 Å². The van der Waals surface area contributed by atoms with Crippen molar-refractivity contribution in [3.05, 3.63) is 23.5 Å². The van der Waals surface area contributed by atoms with Gasteiger partial charge in [0, 0.05) is 18.2 Å². The molecule has 1 heterocycles. The summed E-state index contributed by atoms with van der Waals surface area (Å²) in [5.74, 6) is -0.206. The van der Waals surface area contributed by atoms with Crippen molar-refractivity contribution in [3.8, 4) is 11.5 Å². The lowest BCUT2D eigenvalue weighted by atomic mass is 10.1. The molecule has 0 saturated heterocycles. The summed E-state index contributed by atoms with van der Waals surface area (Å²) in [4.78, 5) is 25.4. The molecule has 27 heavy (non-hydrogen) atoms. The SMILES string of the molecule is CCOC(=O)CCN(Cc1cc2c(cc1F)OCCO2)C(=O)OC(C)(C)C. The number of carbonyl (C=O) groups is 2. The maximum absolute atomic E-state index is 14.5. The van der Waals surface area contributed by atoms with Gasteiger partial charge in [-0.1, -0.05) is 0 Å². The minimum Gasteiger partial charge on any atom is -0.486 e. The zero-order valence-electron chi connectivity index (χ0n) is 16.2. The molecular formula is C19H26FNO6. The summed E-state index contributed by atoms with van der Waals surface area (Å²) in [7, 11) is 0. The second-order valence-electron chi connectivity index (χ2n) is 7.04. The Morgan fingerprint density at radius 3 is 2.41 bits per heavy atom. The zero-order valence-corrected chi connectivity index (χ0v) is 16.2. The summed E-state index contributed by atoms with van der Waals surface area (Å²) < 4.78 is 35.5. The second kappa shape index (κ2) is 8.92. The molecule has 0 radical (unpaired) electrons. The third-order valence-corrected chi connectivity index (χ3v) is 3.62. The molecule has 1 aliphatic rings. The molecule has 0 saturated carbocycles. The fraction of sp³-hybridized carbons (Fsp3) is 0.579. The topological polar surface area (TPSA) is 74.3 Å². The Labute approximate surface area is 158 Å². The highest BCUT2D eigenvalue weighted by Gasteiger charge is 2.25. The maximum Gasteiger partial charge on any atom is 0.410 e. The zero-order chi connectivity index (χ0) is 20.0. The first-order valence-electron chi connectivity index (χ1n) is 8.91. The Morgan fingerprint density at radius 1 is 1.19 bits per heavy atom. The lowest BCUT2D eigenvalue weighted by Gasteiger charge is -2.28. The van der Waals surface area contributed by atoms with Crippen molar-refractivity contribution in [3.63, 3.8) is 0 Å². The van der Waals surface area contributed by atoms with Crippen LogP contribution in [0, 0.1) is 5.82 Å². The van der Waals surface area contributed by atoms with Gasteiger partial charge < -0.3 is 23.8 Å². The van der Waals surface area contributed by atoms with Crippen LogP contribution in [0.2, 0.25) is 0 Å². The molecule has 150 valence electrons. The fourth-order valence-electron chi connectivity index (χ4n) is 2.45. The average molecular weight is 383 g/mol. The lowest BCUT2D eigenvalue weighted by molar-refractivity contribution is -0.143. The smallest absolute Gasteiger partial charge is 0.410 e. The number of nitrogens with zero attached hydrogens (tertiary/aromatic N) is 1. The van der Waals surface area contributed by atoms with Crippen molar-refractivity contribution >= 4 is 12.1 Å². The average Bonchev–Trinajstić information content (AvgIpc) is 2.57. The van der Waals surface area contributed by atoms with Crippen LogP contribution in [0.25, 0.3) is 0 Å². The Hall–Kier alpha value is -2.51. The normalized spacial score (nSPS) is 13.1. The number of fused-ring (bicyclic) bond motifs is 1. The van der Waals surface area contributed by atoms with Gasteiger partial charge in [0.1, 0.15) is 24.6 Å². The summed E-state index contributed by atoms with van der Waals surface area (Å²) in [5, 5.41) is 0. The highest BCUT2D eigenvalue weighted by molar-refractivity contribution is 5.72. The van der Waals surface area contributed by atoms with Gasteiger partial charge in [0.25, 0.3) is 0 Å². The molecule has 0 aliphatic carbocycles. The van der Waals surface area contributed by atoms with Crippen molar-refractivity contribution < 1.29 is 32.9 Å². The molecule has 1 aromatic carbocycles. The molecule has 0 atom stereocenters. The molecule has 1 aromatic rings. The van der Waals surface area contributed by atoms with E-state index in [1.165, 1.54) is 17.0 Å². The number of rotatable bonds is 6. The molecule has 2 rings (SSSR count). The third-order valence-electron chi connectivity index (χ3n) is 3.62. The molecule has 8 heteroatoms. The van der Waals surface area contributed by atoms with Crippen molar-refractivity contribution in [1.82, 2.24) is 4.90 Å². The van der Waals surface area contributed by atoms with E-state index in [9.17, 15) is 14.0 Å². The van der Waals surface area contributed by atoms with E-state index in [1.54, 1.807) is 27.7 Å². The number of hydrogen-bond donors (Lipinski definition) is 0. The van der Waals surface area contributed by atoms with Gasteiger partial charge in [-0.15, -0.1) is 0 Å². The summed E-state index contributed by atoms with van der Waals surface area (Å²) in [6.45, 7) is 7.86. The van der Waals surface area contributed by atoms with Gasteiger partial charge in [-0.3, -0.25) is 4.79 Å². The summed E-state index contributed by atoms with van der Waals surface area (Å²) in [6, 6.07) is 2.74. The molecule has 1 amide bonds. The monoisotopic (exact) mass is 383 g/mol.